The monoisotopic (exact) mass is 252 g/mol. The number of ether oxygens (including phenoxy) is 2. The Morgan fingerprint density at radius 3 is 2.72 bits per heavy atom. The van der Waals surface area contributed by atoms with Gasteiger partial charge in [-0.15, -0.1) is 0 Å². The molecule has 0 fully saturated rings. The summed E-state index contributed by atoms with van der Waals surface area (Å²) in [5.74, 6) is 6.51. The third-order valence-corrected chi connectivity index (χ3v) is 3.04. The Morgan fingerprint density at radius 2 is 2.11 bits per heavy atom. The van der Waals surface area contributed by atoms with Gasteiger partial charge in [-0.25, -0.2) is 0 Å². The molecule has 0 heterocycles. The minimum Gasteiger partial charge on any atom is -0.494 e. The second-order valence-corrected chi connectivity index (χ2v) is 4.35. The molecule has 0 aliphatic heterocycles. The van der Waals surface area contributed by atoms with Crippen LogP contribution in [0.2, 0.25) is 0 Å². The molecule has 3 N–H and O–H groups in total. The Kier molecular flexibility index (Phi) is 6.72. The number of hydrogen-bond acceptors (Lipinski definition) is 4. The van der Waals surface area contributed by atoms with Crippen LogP contribution in [0.5, 0.6) is 5.75 Å². The second-order valence-electron chi connectivity index (χ2n) is 4.35. The highest BCUT2D eigenvalue weighted by atomic mass is 16.5. The first-order chi connectivity index (χ1) is 8.71. The van der Waals surface area contributed by atoms with Gasteiger partial charge >= 0.3 is 0 Å². The Bertz CT molecular complexity index is 344. The van der Waals surface area contributed by atoms with Crippen molar-refractivity contribution in [2.75, 3.05) is 13.7 Å². The fourth-order valence-corrected chi connectivity index (χ4v) is 1.85. The molecule has 0 saturated carbocycles. The lowest BCUT2D eigenvalue weighted by molar-refractivity contribution is 0.106. The van der Waals surface area contributed by atoms with E-state index in [1.54, 1.807) is 7.11 Å². The lowest BCUT2D eigenvalue weighted by Gasteiger charge is -2.19. The predicted molar refractivity (Wildman–Crippen MR) is 73.4 cm³/mol. The highest BCUT2D eigenvalue weighted by molar-refractivity contribution is 5.30. The van der Waals surface area contributed by atoms with Crippen LogP contribution >= 0.6 is 0 Å². The maximum atomic E-state index is 5.62. The van der Waals surface area contributed by atoms with Crippen molar-refractivity contribution < 1.29 is 9.47 Å². The Labute approximate surface area is 109 Å². The van der Waals surface area contributed by atoms with E-state index in [1.165, 1.54) is 0 Å². The van der Waals surface area contributed by atoms with Crippen molar-refractivity contribution in [2.45, 2.75) is 38.8 Å². The minimum atomic E-state index is 0.128. The number of methoxy groups -OCH3 is 1. The highest BCUT2D eigenvalue weighted by Crippen LogP contribution is 2.23. The van der Waals surface area contributed by atoms with Gasteiger partial charge in [0.2, 0.25) is 0 Å². The van der Waals surface area contributed by atoms with Crippen molar-refractivity contribution in [3.8, 4) is 5.75 Å². The zero-order chi connectivity index (χ0) is 13.4. The van der Waals surface area contributed by atoms with Crippen LogP contribution in [0.15, 0.2) is 24.3 Å². The smallest absolute Gasteiger partial charge is 0.119 e. The van der Waals surface area contributed by atoms with Gasteiger partial charge in [-0.2, -0.15) is 0 Å². The minimum absolute atomic E-state index is 0.128. The van der Waals surface area contributed by atoms with Gasteiger partial charge in [0.1, 0.15) is 5.75 Å². The molecule has 0 spiro atoms. The van der Waals surface area contributed by atoms with Crippen molar-refractivity contribution >= 4 is 0 Å². The van der Waals surface area contributed by atoms with Gasteiger partial charge in [0.15, 0.2) is 0 Å². The zero-order valence-corrected chi connectivity index (χ0v) is 11.5. The van der Waals surface area contributed by atoms with Crippen molar-refractivity contribution in [1.29, 1.82) is 0 Å². The van der Waals surface area contributed by atoms with Gasteiger partial charge < -0.3 is 9.47 Å². The van der Waals surface area contributed by atoms with Gasteiger partial charge in [-0.3, -0.25) is 11.3 Å². The second kappa shape index (κ2) is 8.08. The van der Waals surface area contributed by atoms with Crippen molar-refractivity contribution in [1.82, 2.24) is 5.43 Å². The number of nitrogens with one attached hydrogen (secondary N) is 1. The summed E-state index contributed by atoms with van der Waals surface area (Å²) < 4.78 is 10.7. The average Bonchev–Trinajstić information content (AvgIpc) is 2.40. The summed E-state index contributed by atoms with van der Waals surface area (Å²) in [6, 6.07) is 8.17. The zero-order valence-electron chi connectivity index (χ0n) is 11.5. The fraction of sp³-hybridized carbons (Fsp3) is 0.571. The summed E-state index contributed by atoms with van der Waals surface area (Å²) >= 11 is 0. The highest BCUT2D eigenvalue weighted by Gasteiger charge is 2.12. The SMILES string of the molecule is CCOc1cccc(C(CCC(C)OC)NN)c1. The van der Waals surface area contributed by atoms with Crippen LogP contribution < -0.4 is 16.0 Å². The molecule has 4 heteroatoms. The summed E-state index contributed by atoms with van der Waals surface area (Å²) in [4.78, 5) is 0. The first-order valence-electron chi connectivity index (χ1n) is 6.43. The van der Waals surface area contributed by atoms with Gasteiger partial charge in [0.25, 0.3) is 0 Å². The summed E-state index contributed by atoms with van der Waals surface area (Å²) in [7, 11) is 1.73. The lowest BCUT2D eigenvalue weighted by atomic mass is 10.0. The number of nitrogens with two attached hydrogens (primary N) is 1. The van der Waals surface area contributed by atoms with E-state index < -0.39 is 0 Å². The first-order valence-corrected chi connectivity index (χ1v) is 6.43. The van der Waals surface area contributed by atoms with Crippen LogP contribution in [-0.2, 0) is 4.74 Å². The topological polar surface area (TPSA) is 56.5 Å². The Morgan fingerprint density at radius 1 is 1.33 bits per heavy atom. The van der Waals surface area contributed by atoms with Crippen LogP contribution in [0.1, 0.15) is 38.3 Å². The Hall–Kier alpha value is -1.10. The van der Waals surface area contributed by atoms with E-state index in [2.05, 4.69) is 18.4 Å². The van der Waals surface area contributed by atoms with Gasteiger partial charge in [-0.05, 0) is 44.4 Å². The van der Waals surface area contributed by atoms with Crippen LogP contribution in [0.4, 0.5) is 0 Å². The van der Waals surface area contributed by atoms with Crippen molar-refractivity contribution in [3.63, 3.8) is 0 Å². The van der Waals surface area contributed by atoms with Crippen LogP contribution in [0.25, 0.3) is 0 Å². The molecule has 4 nitrogen and oxygen atoms in total. The summed E-state index contributed by atoms with van der Waals surface area (Å²) in [6.07, 6.45) is 2.14. The summed E-state index contributed by atoms with van der Waals surface area (Å²) in [6.45, 7) is 4.71. The summed E-state index contributed by atoms with van der Waals surface area (Å²) in [5, 5.41) is 0. The van der Waals surface area contributed by atoms with E-state index >= 15 is 0 Å². The van der Waals surface area contributed by atoms with E-state index in [0.717, 1.165) is 24.2 Å². The molecule has 0 aromatic heterocycles. The van der Waals surface area contributed by atoms with E-state index in [-0.39, 0.29) is 12.1 Å². The molecule has 0 aliphatic rings. The normalized spacial score (nSPS) is 14.2. The van der Waals surface area contributed by atoms with Crippen LogP contribution in [-0.4, -0.2) is 19.8 Å². The van der Waals surface area contributed by atoms with E-state index in [0.29, 0.717) is 6.61 Å². The van der Waals surface area contributed by atoms with Gasteiger partial charge in [0.05, 0.1) is 12.7 Å². The molecule has 0 bridgehead atoms. The predicted octanol–water partition coefficient (Wildman–Crippen LogP) is 2.40. The lowest BCUT2D eigenvalue weighted by Crippen LogP contribution is -2.28. The van der Waals surface area contributed by atoms with Gasteiger partial charge in [-0.1, -0.05) is 12.1 Å². The maximum Gasteiger partial charge on any atom is 0.119 e. The van der Waals surface area contributed by atoms with Crippen molar-refractivity contribution in [2.24, 2.45) is 5.84 Å². The fourth-order valence-electron chi connectivity index (χ4n) is 1.85. The van der Waals surface area contributed by atoms with Crippen molar-refractivity contribution in [3.05, 3.63) is 29.8 Å². The van der Waals surface area contributed by atoms with Crippen LogP contribution in [0.3, 0.4) is 0 Å². The third-order valence-electron chi connectivity index (χ3n) is 3.04. The standard InChI is InChI=1S/C14H24N2O2/c1-4-18-13-7-5-6-12(10-13)14(16-15)9-8-11(2)17-3/h5-7,10-11,14,16H,4,8-9,15H2,1-3H3. The molecule has 18 heavy (non-hydrogen) atoms. The summed E-state index contributed by atoms with van der Waals surface area (Å²) in [5.41, 5.74) is 4.00. The maximum absolute atomic E-state index is 5.62. The third kappa shape index (κ3) is 4.64. The molecule has 2 unspecified atom stereocenters. The quantitative estimate of drug-likeness (QED) is 0.551. The molecule has 0 aliphatic carbocycles. The number of rotatable bonds is 8. The van der Waals surface area contributed by atoms with Crippen LogP contribution in [0, 0.1) is 0 Å². The molecule has 0 amide bonds. The molecule has 1 rings (SSSR count). The molecule has 1 aromatic carbocycles. The number of benzene rings is 1. The Balaban J connectivity index is 2.66. The van der Waals surface area contributed by atoms with E-state index in [9.17, 15) is 0 Å². The largest absolute Gasteiger partial charge is 0.494 e. The van der Waals surface area contributed by atoms with Gasteiger partial charge in [0, 0.05) is 13.2 Å². The first kappa shape index (κ1) is 15.0. The van der Waals surface area contributed by atoms with E-state index in [1.807, 2.05) is 25.1 Å². The number of hydrogen-bond donors (Lipinski definition) is 2. The average molecular weight is 252 g/mol. The molecular formula is C14H24N2O2. The molecule has 0 saturated heterocycles. The van der Waals surface area contributed by atoms with E-state index in [4.69, 9.17) is 15.3 Å². The molecule has 2 atom stereocenters. The molecule has 102 valence electrons. The number of hydrazine groups is 1. The molecule has 0 radical (unpaired) electrons. The molecule has 1 aromatic rings. The molecular weight excluding hydrogens is 228 g/mol.